The van der Waals surface area contributed by atoms with Gasteiger partial charge in [-0.05, 0) is 36.2 Å². The van der Waals surface area contributed by atoms with Gasteiger partial charge in [0.25, 0.3) is 0 Å². The van der Waals surface area contributed by atoms with Crippen LogP contribution in [0.3, 0.4) is 0 Å². The Bertz CT molecular complexity index is 760. The van der Waals surface area contributed by atoms with Crippen molar-refractivity contribution in [1.29, 1.82) is 0 Å². The molecule has 144 valence electrons. The van der Waals surface area contributed by atoms with Crippen LogP contribution in [0.4, 0.5) is 0 Å². The van der Waals surface area contributed by atoms with E-state index in [1.54, 1.807) is 27.5 Å². The predicted octanol–water partition coefficient (Wildman–Crippen LogP) is 2.74. The minimum Gasteiger partial charge on any atom is -0.493 e. The molecular formula is C21H28N4O2. The van der Waals surface area contributed by atoms with E-state index in [1.165, 1.54) is 0 Å². The fourth-order valence-electron chi connectivity index (χ4n) is 2.78. The monoisotopic (exact) mass is 368 g/mol. The number of nitrogens with zero attached hydrogens (tertiary/aromatic N) is 2. The number of rotatable bonds is 9. The lowest BCUT2D eigenvalue weighted by molar-refractivity contribution is 0.352. The van der Waals surface area contributed by atoms with Gasteiger partial charge in [-0.25, -0.2) is 0 Å². The molecule has 27 heavy (non-hydrogen) atoms. The molecule has 2 N–H and O–H groups in total. The molecule has 0 fully saturated rings. The summed E-state index contributed by atoms with van der Waals surface area (Å²) in [7, 11) is 5.05. The Morgan fingerprint density at radius 2 is 2.07 bits per heavy atom. The van der Waals surface area contributed by atoms with Crippen LogP contribution in [0.25, 0.3) is 0 Å². The highest BCUT2D eigenvalue weighted by Crippen LogP contribution is 2.33. The molecule has 2 rings (SSSR count). The normalized spacial score (nSPS) is 11.0. The predicted molar refractivity (Wildman–Crippen MR) is 110 cm³/mol. The lowest BCUT2D eigenvalue weighted by atomic mass is 10.1. The Balaban J connectivity index is 1.96. The van der Waals surface area contributed by atoms with Crippen molar-refractivity contribution in [2.75, 3.05) is 27.8 Å². The van der Waals surface area contributed by atoms with Gasteiger partial charge in [0.1, 0.15) is 0 Å². The second-order valence-electron chi connectivity index (χ2n) is 5.91. The zero-order valence-electron chi connectivity index (χ0n) is 16.3. The van der Waals surface area contributed by atoms with E-state index >= 15 is 0 Å². The Labute approximate surface area is 161 Å². The fourth-order valence-corrected chi connectivity index (χ4v) is 2.78. The molecule has 0 bridgehead atoms. The molecule has 2 aromatic rings. The number of aromatic nitrogens is 1. The molecule has 0 atom stereocenters. The van der Waals surface area contributed by atoms with Crippen molar-refractivity contribution in [2.24, 2.45) is 4.99 Å². The number of guanidine groups is 1. The molecule has 0 spiro atoms. The van der Waals surface area contributed by atoms with Crippen LogP contribution < -0.4 is 20.1 Å². The quantitative estimate of drug-likeness (QED) is 0.405. The van der Waals surface area contributed by atoms with E-state index in [-0.39, 0.29) is 0 Å². The Kier molecular flexibility index (Phi) is 8.16. The maximum Gasteiger partial charge on any atom is 0.191 e. The summed E-state index contributed by atoms with van der Waals surface area (Å²) in [5.41, 5.74) is 3.17. The standard InChI is InChI=1S/C21H28N4O2/c1-5-8-17-13-16(14-19(26-3)20(17)27-4)15-25-21(22-2)24-12-10-18-9-6-7-11-23-18/h5-7,9,11,13-14H,1,8,10,12,15H2,2-4H3,(H2,22,24,25). The molecule has 6 heteroatoms. The number of pyridine rings is 1. The first kappa shape index (κ1) is 20.3. The van der Waals surface area contributed by atoms with E-state index in [0.29, 0.717) is 18.7 Å². The van der Waals surface area contributed by atoms with Crippen LogP contribution in [0.5, 0.6) is 11.5 Å². The maximum absolute atomic E-state index is 5.48. The fraction of sp³-hybridized carbons (Fsp3) is 0.333. The van der Waals surface area contributed by atoms with Gasteiger partial charge in [-0.3, -0.25) is 9.98 Å². The third kappa shape index (κ3) is 6.02. The van der Waals surface area contributed by atoms with Crippen molar-refractivity contribution in [3.63, 3.8) is 0 Å². The molecule has 6 nitrogen and oxygen atoms in total. The summed E-state index contributed by atoms with van der Waals surface area (Å²) in [6, 6.07) is 9.99. The van der Waals surface area contributed by atoms with Crippen LogP contribution in [0, 0.1) is 0 Å². The molecule has 0 aliphatic rings. The molecule has 0 unspecified atom stereocenters. The van der Waals surface area contributed by atoms with Gasteiger partial charge in [-0.15, -0.1) is 6.58 Å². The van der Waals surface area contributed by atoms with Crippen molar-refractivity contribution >= 4 is 5.96 Å². The first-order chi connectivity index (χ1) is 13.2. The summed E-state index contributed by atoms with van der Waals surface area (Å²) < 4.78 is 11.0. The van der Waals surface area contributed by atoms with Crippen molar-refractivity contribution in [3.8, 4) is 11.5 Å². The third-order valence-electron chi connectivity index (χ3n) is 4.06. The van der Waals surface area contributed by atoms with Crippen molar-refractivity contribution < 1.29 is 9.47 Å². The SMILES string of the molecule is C=CCc1cc(CNC(=NC)NCCc2ccccn2)cc(OC)c1OC. The Morgan fingerprint density at radius 1 is 1.22 bits per heavy atom. The van der Waals surface area contributed by atoms with Crippen molar-refractivity contribution in [2.45, 2.75) is 19.4 Å². The van der Waals surface area contributed by atoms with E-state index in [1.807, 2.05) is 30.3 Å². The largest absolute Gasteiger partial charge is 0.493 e. The smallest absolute Gasteiger partial charge is 0.191 e. The van der Waals surface area contributed by atoms with Gasteiger partial charge in [-0.2, -0.15) is 0 Å². The molecule has 1 heterocycles. The highest BCUT2D eigenvalue weighted by molar-refractivity contribution is 5.79. The number of aliphatic imine (C=N–C) groups is 1. The van der Waals surface area contributed by atoms with E-state index in [2.05, 4.69) is 33.3 Å². The minimum atomic E-state index is 0.619. The molecule has 0 saturated heterocycles. The maximum atomic E-state index is 5.48. The van der Waals surface area contributed by atoms with Gasteiger partial charge < -0.3 is 20.1 Å². The minimum absolute atomic E-state index is 0.619. The summed E-state index contributed by atoms with van der Waals surface area (Å²) in [5, 5.41) is 6.63. The summed E-state index contributed by atoms with van der Waals surface area (Å²) in [4.78, 5) is 8.59. The van der Waals surface area contributed by atoms with Crippen LogP contribution in [0.2, 0.25) is 0 Å². The highest BCUT2D eigenvalue weighted by atomic mass is 16.5. The summed E-state index contributed by atoms with van der Waals surface area (Å²) in [6.45, 7) is 5.19. The van der Waals surface area contributed by atoms with Crippen molar-refractivity contribution in [1.82, 2.24) is 15.6 Å². The lowest BCUT2D eigenvalue weighted by Gasteiger charge is -2.16. The summed E-state index contributed by atoms with van der Waals surface area (Å²) in [6.07, 6.45) is 5.21. The number of ether oxygens (including phenoxy) is 2. The van der Waals surface area contributed by atoms with Crippen LogP contribution >= 0.6 is 0 Å². The Morgan fingerprint density at radius 3 is 2.70 bits per heavy atom. The van der Waals surface area contributed by atoms with E-state index in [4.69, 9.17) is 9.47 Å². The van der Waals surface area contributed by atoms with Gasteiger partial charge in [0.15, 0.2) is 17.5 Å². The number of methoxy groups -OCH3 is 2. The zero-order chi connectivity index (χ0) is 19.5. The van der Waals surface area contributed by atoms with Crippen LogP contribution in [0.15, 0.2) is 54.2 Å². The van der Waals surface area contributed by atoms with Gasteiger partial charge in [-0.1, -0.05) is 12.1 Å². The third-order valence-corrected chi connectivity index (χ3v) is 4.06. The number of allylic oxidation sites excluding steroid dienone is 1. The average molecular weight is 368 g/mol. The van der Waals surface area contributed by atoms with Crippen LogP contribution in [-0.2, 0) is 19.4 Å². The number of nitrogens with one attached hydrogen (secondary N) is 2. The van der Waals surface area contributed by atoms with Crippen LogP contribution in [0.1, 0.15) is 16.8 Å². The molecule has 0 aliphatic heterocycles. The topological polar surface area (TPSA) is 67.8 Å². The van der Waals surface area contributed by atoms with Gasteiger partial charge in [0.05, 0.1) is 14.2 Å². The molecule has 0 radical (unpaired) electrons. The Hall–Kier alpha value is -3.02. The number of benzene rings is 1. The van der Waals surface area contributed by atoms with Gasteiger partial charge >= 0.3 is 0 Å². The van der Waals surface area contributed by atoms with E-state index in [9.17, 15) is 0 Å². The molecule has 0 saturated carbocycles. The second-order valence-corrected chi connectivity index (χ2v) is 5.91. The lowest BCUT2D eigenvalue weighted by Crippen LogP contribution is -2.37. The van der Waals surface area contributed by atoms with Gasteiger partial charge in [0, 0.05) is 44.0 Å². The average Bonchev–Trinajstić information content (AvgIpc) is 2.71. The molecular weight excluding hydrogens is 340 g/mol. The number of hydrogen-bond donors (Lipinski definition) is 2. The van der Waals surface area contributed by atoms with Crippen LogP contribution in [-0.4, -0.2) is 38.8 Å². The highest BCUT2D eigenvalue weighted by Gasteiger charge is 2.12. The molecule has 1 aromatic heterocycles. The molecule has 0 amide bonds. The first-order valence-electron chi connectivity index (χ1n) is 8.91. The summed E-state index contributed by atoms with van der Waals surface area (Å²) in [5.74, 6) is 2.21. The summed E-state index contributed by atoms with van der Waals surface area (Å²) >= 11 is 0. The molecule has 0 aliphatic carbocycles. The van der Waals surface area contributed by atoms with E-state index < -0.39 is 0 Å². The first-order valence-corrected chi connectivity index (χ1v) is 8.91. The number of hydrogen-bond acceptors (Lipinski definition) is 4. The molecule has 1 aromatic carbocycles. The van der Waals surface area contributed by atoms with E-state index in [0.717, 1.165) is 41.5 Å². The second kappa shape index (κ2) is 10.9. The zero-order valence-corrected chi connectivity index (χ0v) is 16.3. The van der Waals surface area contributed by atoms with Gasteiger partial charge in [0.2, 0.25) is 0 Å². The van der Waals surface area contributed by atoms with Crippen molar-refractivity contribution in [3.05, 3.63) is 66.0 Å².